The van der Waals surface area contributed by atoms with Gasteiger partial charge >= 0.3 is 12.2 Å². The minimum absolute atomic E-state index is 0.0777. The largest absolute Gasteiger partial charge is 0.497 e. The molecule has 2 aliphatic heterocycles. The Morgan fingerprint density at radius 1 is 1.09 bits per heavy atom. The van der Waals surface area contributed by atoms with E-state index in [0.717, 1.165) is 41.1 Å². The first-order valence-corrected chi connectivity index (χ1v) is 10.0. The molecular weight excluding hydrogens is 471 g/mol. The van der Waals surface area contributed by atoms with Crippen LogP contribution in [0.15, 0.2) is 42.5 Å². The Bertz CT molecular complexity index is 1220. The maximum Gasteiger partial charge on any atom is 0.447 e. The van der Waals surface area contributed by atoms with Gasteiger partial charge in [-0.05, 0) is 29.8 Å². The third kappa shape index (κ3) is 5.53. The van der Waals surface area contributed by atoms with Gasteiger partial charge in [0.25, 0.3) is 17.6 Å². The standard InChI is InChI=1S/C13H9F3N2O4.C10H11NO2/c14-13(15,16)12(21,22)8-4-1-7(2-5-8)3-6-9-10(19)18-11(20)17-9;1-11-6-7-3-4-8(13-2)5-9(7)10(11)12/h1-2,4-5,9,21-22H,(H2,17,18,19,20);3-5H,6H2,1-2H3. The lowest BCUT2D eigenvalue weighted by Gasteiger charge is -2.24. The zero-order valence-corrected chi connectivity index (χ0v) is 18.4. The van der Waals surface area contributed by atoms with E-state index in [1.54, 1.807) is 25.1 Å². The van der Waals surface area contributed by atoms with Crippen LogP contribution < -0.4 is 15.4 Å². The van der Waals surface area contributed by atoms with Crippen LogP contribution in [-0.2, 0) is 17.1 Å². The average molecular weight is 491 g/mol. The van der Waals surface area contributed by atoms with Gasteiger partial charge in [0.05, 0.1) is 7.11 Å². The van der Waals surface area contributed by atoms with Crippen LogP contribution in [0.3, 0.4) is 0 Å². The molecule has 184 valence electrons. The van der Waals surface area contributed by atoms with Gasteiger partial charge in [0, 0.05) is 30.3 Å². The van der Waals surface area contributed by atoms with Crippen LogP contribution in [0.25, 0.3) is 0 Å². The summed E-state index contributed by atoms with van der Waals surface area (Å²) < 4.78 is 42.4. The van der Waals surface area contributed by atoms with Crippen molar-refractivity contribution in [2.45, 2.75) is 24.6 Å². The lowest BCUT2D eigenvalue weighted by atomic mass is 10.0. The van der Waals surface area contributed by atoms with Crippen molar-refractivity contribution in [2.75, 3.05) is 14.2 Å². The van der Waals surface area contributed by atoms with Crippen LogP contribution in [0.5, 0.6) is 5.75 Å². The summed E-state index contributed by atoms with van der Waals surface area (Å²) in [6.07, 6.45) is -5.24. The number of carbonyl (C=O) groups is 3. The van der Waals surface area contributed by atoms with Crippen molar-refractivity contribution in [1.29, 1.82) is 0 Å². The molecule has 2 aromatic rings. The third-order valence-corrected chi connectivity index (χ3v) is 5.12. The Kier molecular flexibility index (Phi) is 7.04. The van der Waals surface area contributed by atoms with Crippen molar-refractivity contribution >= 4 is 17.8 Å². The Morgan fingerprint density at radius 3 is 2.29 bits per heavy atom. The van der Waals surface area contributed by atoms with Crippen molar-refractivity contribution in [2.24, 2.45) is 0 Å². The number of urea groups is 1. The molecule has 2 heterocycles. The van der Waals surface area contributed by atoms with E-state index in [9.17, 15) is 27.6 Å². The maximum absolute atomic E-state index is 12.4. The third-order valence-electron chi connectivity index (χ3n) is 5.12. The Hall–Kier alpha value is -4.08. The molecule has 0 bridgehead atoms. The summed E-state index contributed by atoms with van der Waals surface area (Å²) in [4.78, 5) is 35.3. The van der Waals surface area contributed by atoms with Gasteiger partial charge in [0.15, 0.2) is 6.04 Å². The topological polar surface area (TPSA) is 128 Å². The van der Waals surface area contributed by atoms with Crippen molar-refractivity contribution < 1.29 is 42.5 Å². The van der Waals surface area contributed by atoms with Gasteiger partial charge in [-0.25, -0.2) is 4.79 Å². The number of imide groups is 1. The number of carbonyl (C=O) groups excluding carboxylic acids is 3. The quantitative estimate of drug-likeness (QED) is 0.284. The summed E-state index contributed by atoms with van der Waals surface area (Å²) >= 11 is 0. The predicted molar refractivity (Wildman–Crippen MR) is 115 cm³/mol. The molecule has 0 saturated carbocycles. The molecule has 0 aliphatic carbocycles. The van der Waals surface area contributed by atoms with Gasteiger partial charge in [-0.1, -0.05) is 30.0 Å². The van der Waals surface area contributed by atoms with Crippen molar-refractivity contribution in [3.05, 3.63) is 64.7 Å². The van der Waals surface area contributed by atoms with E-state index in [1.165, 1.54) is 0 Å². The molecule has 4 amide bonds. The molecule has 2 aromatic carbocycles. The summed E-state index contributed by atoms with van der Waals surface area (Å²) in [5.74, 6) is 1.14. The minimum atomic E-state index is -5.24. The summed E-state index contributed by atoms with van der Waals surface area (Å²) in [7, 11) is 3.40. The van der Waals surface area contributed by atoms with Crippen LogP contribution in [0.1, 0.15) is 27.0 Å². The number of hydrogen-bond acceptors (Lipinski definition) is 6. The predicted octanol–water partition coefficient (Wildman–Crippen LogP) is 1.23. The molecule has 4 rings (SSSR count). The van der Waals surface area contributed by atoms with E-state index < -0.39 is 35.5 Å². The second kappa shape index (κ2) is 9.65. The number of hydrogen-bond donors (Lipinski definition) is 4. The maximum atomic E-state index is 12.4. The molecule has 12 heteroatoms. The van der Waals surface area contributed by atoms with Crippen molar-refractivity contribution in [3.63, 3.8) is 0 Å². The van der Waals surface area contributed by atoms with Crippen molar-refractivity contribution in [1.82, 2.24) is 15.5 Å². The number of rotatable bonds is 2. The van der Waals surface area contributed by atoms with Crippen LogP contribution in [0.2, 0.25) is 0 Å². The molecule has 1 unspecified atom stereocenters. The van der Waals surface area contributed by atoms with Crippen LogP contribution in [0, 0.1) is 11.8 Å². The number of methoxy groups -OCH3 is 1. The second-order valence-electron chi connectivity index (χ2n) is 7.60. The number of alkyl halides is 3. The zero-order chi connectivity index (χ0) is 26.0. The highest BCUT2D eigenvalue weighted by molar-refractivity contribution is 6.05. The first-order chi connectivity index (χ1) is 16.3. The van der Waals surface area contributed by atoms with E-state index in [-0.39, 0.29) is 11.5 Å². The summed E-state index contributed by atoms with van der Waals surface area (Å²) in [6, 6.07) is 7.85. The van der Waals surface area contributed by atoms with Gasteiger partial charge in [-0.2, -0.15) is 13.2 Å². The summed E-state index contributed by atoms with van der Waals surface area (Å²) in [5, 5.41) is 22.3. The monoisotopic (exact) mass is 491 g/mol. The molecule has 1 atom stereocenters. The second-order valence-corrected chi connectivity index (χ2v) is 7.60. The fourth-order valence-electron chi connectivity index (χ4n) is 3.18. The number of benzene rings is 2. The molecule has 0 spiro atoms. The highest BCUT2D eigenvalue weighted by Gasteiger charge is 2.54. The molecule has 0 aromatic heterocycles. The van der Waals surface area contributed by atoms with Gasteiger partial charge in [-0.15, -0.1) is 0 Å². The smallest absolute Gasteiger partial charge is 0.447 e. The number of nitrogens with zero attached hydrogens (tertiary/aromatic N) is 1. The molecule has 9 nitrogen and oxygen atoms in total. The Labute approximate surface area is 197 Å². The van der Waals surface area contributed by atoms with Crippen molar-refractivity contribution in [3.8, 4) is 17.6 Å². The number of amides is 4. The van der Waals surface area contributed by atoms with Gasteiger partial charge < -0.3 is 25.2 Å². The Morgan fingerprint density at radius 2 is 1.74 bits per heavy atom. The SMILES string of the molecule is COc1ccc2c(c1)C(=O)N(C)C2.O=C1NC(=O)C(C#Cc2ccc(C(O)(O)C(F)(F)F)cc2)N1. The first-order valence-electron chi connectivity index (χ1n) is 10.0. The molecule has 2 aliphatic rings. The number of ether oxygens (including phenoxy) is 1. The molecule has 4 N–H and O–H groups in total. The van der Waals surface area contributed by atoms with E-state index in [2.05, 4.69) is 17.2 Å². The van der Waals surface area contributed by atoms with E-state index in [1.807, 2.05) is 17.4 Å². The zero-order valence-electron chi connectivity index (χ0n) is 18.4. The van der Waals surface area contributed by atoms with Crippen LogP contribution >= 0.6 is 0 Å². The van der Waals surface area contributed by atoms with Crippen LogP contribution in [0.4, 0.5) is 18.0 Å². The van der Waals surface area contributed by atoms with Gasteiger partial charge in [0.1, 0.15) is 5.75 Å². The van der Waals surface area contributed by atoms with Crippen LogP contribution in [-0.4, -0.2) is 59.3 Å². The summed E-state index contributed by atoms with van der Waals surface area (Å²) in [6.45, 7) is 0.707. The summed E-state index contributed by atoms with van der Waals surface area (Å²) in [5.41, 5.74) is 1.31. The molecule has 0 radical (unpaired) electrons. The molecular formula is C23H20F3N3O6. The molecule has 1 saturated heterocycles. The van der Waals surface area contributed by atoms with Gasteiger partial charge in [0.2, 0.25) is 0 Å². The lowest BCUT2D eigenvalue weighted by molar-refractivity contribution is -0.358. The van der Waals surface area contributed by atoms with E-state index in [4.69, 9.17) is 14.9 Å². The lowest BCUT2D eigenvalue weighted by Crippen LogP contribution is -2.41. The first kappa shape index (κ1) is 25.5. The minimum Gasteiger partial charge on any atom is -0.497 e. The van der Waals surface area contributed by atoms with Gasteiger partial charge in [-0.3, -0.25) is 14.9 Å². The highest BCUT2D eigenvalue weighted by Crippen LogP contribution is 2.36. The fourth-order valence-corrected chi connectivity index (χ4v) is 3.18. The average Bonchev–Trinajstić information content (AvgIpc) is 3.28. The number of fused-ring (bicyclic) bond motifs is 1. The molecule has 1 fully saturated rings. The fraction of sp³-hybridized carbons (Fsp3) is 0.261. The normalized spacial score (nSPS) is 16.9. The number of aliphatic hydroxyl groups is 2. The highest BCUT2D eigenvalue weighted by atomic mass is 19.4. The van der Waals surface area contributed by atoms with E-state index >= 15 is 0 Å². The number of halogens is 3. The van der Waals surface area contributed by atoms with E-state index in [0.29, 0.717) is 6.54 Å². The molecule has 35 heavy (non-hydrogen) atoms. The number of nitrogens with one attached hydrogen (secondary N) is 2. The Balaban J connectivity index is 0.000000223.